The third kappa shape index (κ3) is 2.70. The Labute approximate surface area is 81.2 Å². The normalized spacial score (nSPS) is 30.8. The van der Waals surface area contributed by atoms with Crippen LogP contribution in [-0.2, 0) is 0 Å². The van der Waals surface area contributed by atoms with Crippen molar-refractivity contribution in [1.29, 1.82) is 0 Å². The standard InChI is InChI=1S/C12H20O/c1-4-5-12(13)11-7-6-9(2)8-10(11)3/h4,8,10-13H,1,5-7H2,2-3H3. The zero-order chi connectivity index (χ0) is 9.84. The lowest BCUT2D eigenvalue weighted by molar-refractivity contribution is 0.0818. The number of aliphatic hydroxyl groups is 1. The van der Waals surface area contributed by atoms with E-state index in [-0.39, 0.29) is 6.10 Å². The van der Waals surface area contributed by atoms with E-state index in [2.05, 4.69) is 26.5 Å². The van der Waals surface area contributed by atoms with Crippen molar-refractivity contribution in [2.75, 3.05) is 0 Å². The monoisotopic (exact) mass is 180 g/mol. The van der Waals surface area contributed by atoms with Crippen molar-refractivity contribution >= 4 is 0 Å². The largest absolute Gasteiger partial charge is 0.392 e. The van der Waals surface area contributed by atoms with Crippen molar-refractivity contribution in [3.05, 3.63) is 24.3 Å². The van der Waals surface area contributed by atoms with E-state index in [4.69, 9.17) is 0 Å². The van der Waals surface area contributed by atoms with Crippen LogP contribution in [0, 0.1) is 11.8 Å². The minimum Gasteiger partial charge on any atom is -0.392 e. The van der Waals surface area contributed by atoms with Gasteiger partial charge in [-0.25, -0.2) is 0 Å². The van der Waals surface area contributed by atoms with Gasteiger partial charge in [-0.1, -0.05) is 24.6 Å². The Kier molecular flexibility index (Phi) is 3.73. The van der Waals surface area contributed by atoms with Crippen LogP contribution in [0.15, 0.2) is 24.3 Å². The fourth-order valence-electron chi connectivity index (χ4n) is 2.20. The molecule has 0 aromatic rings. The molecular formula is C12H20O. The van der Waals surface area contributed by atoms with Gasteiger partial charge in [-0.15, -0.1) is 6.58 Å². The first-order valence-corrected chi connectivity index (χ1v) is 5.11. The molecule has 0 spiro atoms. The van der Waals surface area contributed by atoms with Crippen LogP contribution in [0.3, 0.4) is 0 Å². The van der Waals surface area contributed by atoms with E-state index in [1.165, 1.54) is 5.57 Å². The Morgan fingerprint density at radius 2 is 2.46 bits per heavy atom. The third-order valence-corrected chi connectivity index (χ3v) is 3.00. The second-order valence-corrected chi connectivity index (χ2v) is 4.17. The van der Waals surface area contributed by atoms with Crippen LogP contribution >= 0.6 is 0 Å². The van der Waals surface area contributed by atoms with Gasteiger partial charge in [0.1, 0.15) is 0 Å². The number of allylic oxidation sites excluding steroid dienone is 2. The summed E-state index contributed by atoms with van der Waals surface area (Å²) in [5.41, 5.74) is 1.47. The van der Waals surface area contributed by atoms with Crippen LogP contribution < -0.4 is 0 Å². The van der Waals surface area contributed by atoms with E-state index in [1.54, 1.807) is 0 Å². The lowest BCUT2D eigenvalue weighted by Crippen LogP contribution is -2.27. The molecule has 0 saturated heterocycles. The summed E-state index contributed by atoms with van der Waals surface area (Å²) in [6.45, 7) is 8.03. The van der Waals surface area contributed by atoms with Crippen LogP contribution in [0.2, 0.25) is 0 Å². The Morgan fingerprint density at radius 3 is 3.00 bits per heavy atom. The topological polar surface area (TPSA) is 20.2 Å². The highest BCUT2D eigenvalue weighted by Crippen LogP contribution is 2.31. The van der Waals surface area contributed by atoms with Gasteiger partial charge in [-0.2, -0.15) is 0 Å². The Balaban J connectivity index is 2.56. The van der Waals surface area contributed by atoms with Gasteiger partial charge in [-0.05, 0) is 38.0 Å². The van der Waals surface area contributed by atoms with Gasteiger partial charge in [0.2, 0.25) is 0 Å². The zero-order valence-electron chi connectivity index (χ0n) is 8.66. The predicted molar refractivity (Wildman–Crippen MR) is 56.5 cm³/mol. The van der Waals surface area contributed by atoms with Crippen molar-refractivity contribution in [2.45, 2.75) is 39.2 Å². The van der Waals surface area contributed by atoms with E-state index >= 15 is 0 Å². The summed E-state index contributed by atoms with van der Waals surface area (Å²) in [5.74, 6) is 0.949. The molecule has 0 amide bonds. The van der Waals surface area contributed by atoms with E-state index in [9.17, 15) is 5.11 Å². The smallest absolute Gasteiger partial charge is 0.0608 e. The molecule has 0 radical (unpaired) electrons. The summed E-state index contributed by atoms with van der Waals surface area (Å²) in [6, 6.07) is 0. The molecule has 0 heterocycles. The van der Waals surface area contributed by atoms with Crippen molar-refractivity contribution in [2.24, 2.45) is 11.8 Å². The van der Waals surface area contributed by atoms with Crippen LogP contribution in [-0.4, -0.2) is 11.2 Å². The predicted octanol–water partition coefficient (Wildman–Crippen LogP) is 2.92. The molecule has 1 N–H and O–H groups in total. The molecule has 0 aliphatic heterocycles. The molecule has 1 aliphatic carbocycles. The first-order valence-electron chi connectivity index (χ1n) is 5.11. The van der Waals surface area contributed by atoms with Crippen LogP contribution in [0.1, 0.15) is 33.1 Å². The SMILES string of the molecule is C=CCC(O)C1CCC(C)=CC1C. The van der Waals surface area contributed by atoms with Gasteiger partial charge in [0.15, 0.2) is 0 Å². The van der Waals surface area contributed by atoms with E-state index in [0.717, 1.165) is 19.3 Å². The molecule has 1 rings (SSSR count). The highest BCUT2D eigenvalue weighted by molar-refractivity contribution is 5.07. The summed E-state index contributed by atoms with van der Waals surface area (Å²) < 4.78 is 0. The molecule has 0 saturated carbocycles. The summed E-state index contributed by atoms with van der Waals surface area (Å²) in [5, 5.41) is 9.83. The second-order valence-electron chi connectivity index (χ2n) is 4.17. The van der Waals surface area contributed by atoms with E-state index in [1.807, 2.05) is 6.08 Å². The molecular weight excluding hydrogens is 160 g/mol. The van der Waals surface area contributed by atoms with Crippen molar-refractivity contribution < 1.29 is 5.11 Å². The summed E-state index contributed by atoms with van der Waals surface area (Å²) in [4.78, 5) is 0. The summed E-state index contributed by atoms with van der Waals surface area (Å²) >= 11 is 0. The molecule has 1 nitrogen and oxygen atoms in total. The lowest BCUT2D eigenvalue weighted by Gasteiger charge is -2.30. The van der Waals surface area contributed by atoms with E-state index < -0.39 is 0 Å². The number of hydrogen-bond donors (Lipinski definition) is 1. The molecule has 13 heavy (non-hydrogen) atoms. The fraction of sp³-hybridized carbons (Fsp3) is 0.667. The molecule has 0 aromatic heterocycles. The maximum absolute atomic E-state index is 9.83. The van der Waals surface area contributed by atoms with Crippen LogP contribution in [0.5, 0.6) is 0 Å². The van der Waals surface area contributed by atoms with Crippen LogP contribution in [0.4, 0.5) is 0 Å². The minimum absolute atomic E-state index is 0.197. The van der Waals surface area contributed by atoms with Crippen molar-refractivity contribution in [3.8, 4) is 0 Å². The third-order valence-electron chi connectivity index (χ3n) is 3.00. The number of aliphatic hydroxyl groups excluding tert-OH is 1. The Hall–Kier alpha value is -0.560. The average molecular weight is 180 g/mol. The first-order chi connectivity index (χ1) is 6.15. The minimum atomic E-state index is -0.197. The highest BCUT2D eigenvalue weighted by Gasteiger charge is 2.25. The highest BCUT2D eigenvalue weighted by atomic mass is 16.3. The van der Waals surface area contributed by atoms with Gasteiger partial charge < -0.3 is 5.11 Å². The maximum atomic E-state index is 9.83. The van der Waals surface area contributed by atoms with Crippen molar-refractivity contribution in [3.63, 3.8) is 0 Å². The average Bonchev–Trinajstić information content (AvgIpc) is 2.04. The molecule has 0 fully saturated rings. The first kappa shape index (κ1) is 10.5. The van der Waals surface area contributed by atoms with Gasteiger partial charge in [0.25, 0.3) is 0 Å². The van der Waals surface area contributed by atoms with E-state index in [0.29, 0.717) is 11.8 Å². The fourth-order valence-corrected chi connectivity index (χ4v) is 2.20. The second kappa shape index (κ2) is 4.61. The van der Waals surface area contributed by atoms with Gasteiger partial charge in [-0.3, -0.25) is 0 Å². The van der Waals surface area contributed by atoms with Gasteiger partial charge in [0, 0.05) is 0 Å². The van der Waals surface area contributed by atoms with Gasteiger partial charge >= 0.3 is 0 Å². The Bertz CT molecular complexity index is 205. The molecule has 3 unspecified atom stereocenters. The zero-order valence-corrected chi connectivity index (χ0v) is 8.66. The summed E-state index contributed by atoms with van der Waals surface area (Å²) in [6.07, 6.45) is 6.89. The number of rotatable bonds is 3. The molecule has 0 bridgehead atoms. The molecule has 3 atom stereocenters. The number of hydrogen-bond acceptors (Lipinski definition) is 1. The maximum Gasteiger partial charge on any atom is 0.0608 e. The van der Waals surface area contributed by atoms with Crippen molar-refractivity contribution in [1.82, 2.24) is 0 Å². The molecule has 74 valence electrons. The van der Waals surface area contributed by atoms with Gasteiger partial charge in [0.05, 0.1) is 6.10 Å². The molecule has 0 aromatic carbocycles. The Morgan fingerprint density at radius 1 is 1.77 bits per heavy atom. The molecule has 1 heteroatoms. The quantitative estimate of drug-likeness (QED) is 0.662. The molecule has 1 aliphatic rings. The summed E-state index contributed by atoms with van der Waals surface area (Å²) in [7, 11) is 0. The lowest BCUT2D eigenvalue weighted by atomic mass is 9.78. The van der Waals surface area contributed by atoms with Crippen LogP contribution in [0.25, 0.3) is 0 Å².